The summed E-state index contributed by atoms with van der Waals surface area (Å²) in [7, 11) is 0. The van der Waals surface area contributed by atoms with Crippen LogP contribution in [-0.2, 0) is 9.59 Å². The minimum atomic E-state index is -0.497. The fourth-order valence-electron chi connectivity index (χ4n) is 1.98. The zero-order valence-corrected chi connectivity index (χ0v) is 11.3. The molecule has 1 atom stereocenters. The molecule has 2 amide bonds. The smallest absolute Gasteiger partial charge is 0.247 e. The van der Waals surface area contributed by atoms with Crippen molar-refractivity contribution < 1.29 is 9.59 Å². The highest BCUT2D eigenvalue weighted by molar-refractivity contribution is 6.42. The van der Waals surface area contributed by atoms with Gasteiger partial charge in [0.25, 0.3) is 0 Å². The summed E-state index contributed by atoms with van der Waals surface area (Å²) in [5.41, 5.74) is 0.594. The van der Waals surface area contributed by atoms with Gasteiger partial charge in [-0.3, -0.25) is 14.5 Å². The van der Waals surface area contributed by atoms with E-state index in [9.17, 15) is 9.59 Å². The molecular formula is C12H12Cl2N2O2. The van der Waals surface area contributed by atoms with Gasteiger partial charge in [0.05, 0.1) is 16.6 Å². The van der Waals surface area contributed by atoms with Gasteiger partial charge >= 0.3 is 0 Å². The Morgan fingerprint density at radius 2 is 2.06 bits per heavy atom. The number of hydrogen-bond acceptors (Lipinski definition) is 2. The zero-order chi connectivity index (χ0) is 13.3. The van der Waals surface area contributed by atoms with Crippen molar-refractivity contribution in [2.45, 2.75) is 19.4 Å². The van der Waals surface area contributed by atoms with Gasteiger partial charge in [-0.2, -0.15) is 0 Å². The maximum atomic E-state index is 11.9. The number of amides is 2. The Balaban J connectivity index is 2.41. The van der Waals surface area contributed by atoms with Crippen LogP contribution in [0.15, 0.2) is 18.2 Å². The summed E-state index contributed by atoms with van der Waals surface area (Å²) in [5.74, 6) is -0.303. The van der Waals surface area contributed by atoms with Crippen molar-refractivity contribution in [3.63, 3.8) is 0 Å². The highest BCUT2D eigenvalue weighted by Gasteiger charge is 2.34. The maximum Gasteiger partial charge on any atom is 0.247 e. The molecule has 0 aromatic heterocycles. The molecule has 1 aliphatic rings. The minimum absolute atomic E-state index is 0.00950. The second-order valence-corrected chi connectivity index (χ2v) is 4.82. The summed E-state index contributed by atoms with van der Waals surface area (Å²) < 4.78 is 0. The molecule has 0 saturated carbocycles. The van der Waals surface area contributed by atoms with Crippen LogP contribution in [-0.4, -0.2) is 24.4 Å². The van der Waals surface area contributed by atoms with Gasteiger partial charge in [-0.15, -0.1) is 0 Å². The molecule has 1 aromatic carbocycles. The number of hydrogen-bond donors (Lipinski definition) is 1. The number of benzene rings is 1. The standard InChI is InChI=1S/C12H12Cl2N2O2/c1-2-10-12(18)15-6-11(17)16(10)7-3-4-8(13)9(14)5-7/h3-5,10H,2,6H2,1H3,(H,15,18). The Labute approximate surface area is 115 Å². The molecule has 1 N–H and O–H groups in total. The summed E-state index contributed by atoms with van der Waals surface area (Å²) in [6.45, 7) is 1.86. The highest BCUT2D eigenvalue weighted by atomic mass is 35.5. The van der Waals surface area contributed by atoms with Crippen LogP contribution in [0.25, 0.3) is 0 Å². The Kier molecular flexibility index (Phi) is 3.78. The number of nitrogens with zero attached hydrogens (tertiary/aromatic N) is 1. The molecule has 6 heteroatoms. The Bertz CT molecular complexity index is 505. The number of anilines is 1. The van der Waals surface area contributed by atoms with E-state index in [0.717, 1.165) is 0 Å². The lowest BCUT2D eigenvalue weighted by Crippen LogP contribution is -2.58. The van der Waals surface area contributed by atoms with E-state index in [1.54, 1.807) is 18.2 Å². The van der Waals surface area contributed by atoms with Gasteiger partial charge in [-0.25, -0.2) is 0 Å². The van der Waals surface area contributed by atoms with Crippen molar-refractivity contribution in [2.75, 3.05) is 11.4 Å². The van der Waals surface area contributed by atoms with E-state index in [4.69, 9.17) is 23.2 Å². The number of rotatable bonds is 2. The van der Waals surface area contributed by atoms with E-state index < -0.39 is 6.04 Å². The molecule has 96 valence electrons. The first-order valence-electron chi connectivity index (χ1n) is 5.59. The van der Waals surface area contributed by atoms with Crippen LogP contribution in [0.2, 0.25) is 10.0 Å². The quantitative estimate of drug-likeness (QED) is 0.906. The monoisotopic (exact) mass is 286 g/mol. The lowest BCUT2D eigenvalue weighted by atomic mass is 10.1. The molecule has 1 aromatic rings. The molecule has 2 rings (SSSR count). The van der Waals surface area contributed by atoms with Crippen molar-refractivity contribution in [3.05, 3.63) is 28.2 Å². The van der Waals surface area contributed by atoms with E-state index in [1.165, 1.54) is 4.90 Å². The fraction of sp³-hybridized carbons (Fsp3) is 0.333. The molecule has 0 aliphatic carbocycles. The van der Waals surface area contributed by atoms with Crippen molar-refractivity contribution >= 4 is 40.7 Å². The van der Waals surface area contributed by atoms with E-state index in [-0.39, 0.29) is 18.4 Å². The number of carbonyl (C=O) groups excluding carboxylic acids is 2. The van der Waals surface area contributed by atoms with Crippen molar-refractivity contribution in [1.82, 2.24) is 5.32 Å². The lowest BCUT2D eigenvalue weighted by Gasteiger charge is -2.34. The Morgan fingerprint density at radius 1 is 1.33 bits per heavy atom. The largest absolute Gasteiger partial charge is 0.345 e. The van der Waals surface area contributed by atoms with Gasteiger partial charge in [0.1, 0.15) is 6.04 Å². The van der Waals surface area contributed by atoms with Crippen LogP contribution in [0, 0.1) is 0 Å². The third-order valence-electron chi connectivity index (χ3n) is 2.86. The third kappa shape index (κ3) is 2.31. The lowest BCUT2D eigenvalue weighted by molar-refractivity contribution is -0.131. The number of nitrogens with one attached hydrogen (secondary N) is 1. The van der Waals surface area contributed by atoms with Crippen LogP contribution < -0.4 is 10.2 Å². The molecule has 1 saturated heterocycles. The highest BCUT2D eigenvalue weighted by Crippen LogP contribution is 2.29. The molecule has 18 heavy (non-hydrogen) atoms. The topological polar surface area (TPSA) is 49.4 Å². The molecule has 1 heterocycles. The fourth-order valence-corrected chi connectivity index (χ4v) is 2.28. The summed E-state index contributed by atoms with van der Waals surface area (Å²) >= 11 is 11.8. The van der Waals surface area contributed by atoms with Gasteiger partial charge in [0.2, 0.25) is 11.8 Å². The van der Waals surface area contributed by atoms with E-state index >= 15 is 0 Å². The third-order valence-corrected chi connectivity index (χ3v) is 3.60. The van der Waals surface area contributed by atoms with E-state index in [2.05, 4.69) is 5.32 Å². The van der Waals surface area contributed by atoms with E-state index in [1.807, 2.05) is 6.92 Å². The SMILES string of the molecule is CCC1C(=O)NCC(=O)N1c1ccc(Cl)c(Cl)c1. The molecular weight excluding hydrogens is 275 g/mol. The van der Waals surface area contributed by atoms with Gasteiger partial charge < -0.3 is 5.32 Å². The van der Waals surface area contributed by atoms with Crippen LogP contribution in [0.4, 0.5) is 5.69 Å². The second kappa shape index (κ2) is 5.16. The Hall–Kier alpha value is -1.26. The zero-order valence-electron chi connectivity index (χ0n) is 9.74. The summed E-state index contributed by atoms with van der Waals surface area (Å²) in [6.07, 6.45) is 0.540. The molecule has 4 nitrogen and oxygen atoms in total. The number of halogens is 2. The van der Waals surface area contributed by atoms with Crippen LogP contribution >= 0.6 is 23.2 Å². The van der Waals surface area contributed by atoms with Crippen LogP contribution in [0.1, 0.15) is 13.3 Å². The predicted molar refractivity (Wildman–Crippen MR) is 71.0 cm³/mol. The van der Waals surface area contributed by atoms with Crippen LogP contribution in [0.3, 0.4) is 0 Å². The predicted octanol–water partition coefficient (Wildman–Crippen LogP) is 2.23. The molecule has 0 radical (unpaired) electrons. The summed E-state index contributed by atoms with van der Waals surface area (Å²) in [4.78, 5) is 25.2. The Morgan fingerprint density at radius 3 is 2.67 bits per heavy atom. The number of piperazine rings is 1. The average molecular weight is 287 g/mol. The van der Waals surface area contributed by atoms with Crippen molar-refractivity contribution in [1.29, 1.82) is 0 Å². The maximum absolute atomic E-state index is 11.9. The van der Waals surface area contributed by atoms with Crippen molar-refractivity contribution in [2.24, 2.45) is 0 Å². The van der Waals surface area contributed by atoms with Gasteiger partial charge in [-0.05, 0) is 24.6 Å². The second-order valence-electron chi connectivity index (χ2n) is 4.00. The molecule has 0 bridgehead atoms. The van der Waals surface area contributed by atoms with Gasteiger partial charge in [0.15, 0.2) is 0 Å². The first-order valence-corrected chi connectivity index (χ1v) is 6.35. The normalized spacial score (nSPS) is 19.9. The molecule has 1 aliphatic heterocycles. The minimum Gasteiger partial charge on any atom is -0.345 e. The summed E-state index contributed by atoms with van der Waals surface area (Å²) in [5, 5.41) is 3.35. The summed E-state index contributed by atoms with van der Waals surface area (Å²) in [6, 6.07) is 4.41. The first-order chi connectivity index (χ1) is 8.54. The van der Waals surface area contributed by atoms with Crippen molar-refractivity contribution in [3.8, 4) is 0 Å². The first kappa shape index (κ1) is 13.2. The molecule has 0 spiro atoms. The molecule has 1 unspecified atom stereocenters. The van der Waals surface area contributed by atoms with E-state index in [0.29, 0.717) is 22.2 Å². The van der Waals surface area contributed by atoms with Crippen LogP contribution in [0.5, 0.6) is 0 Å². The van der Waals surface area contributed by atoms with Gasteiger partial charge in [-0.1, -0.05) is 30.1 Å². The molecule has 1 fully saturated rings. The van der Waals surface area contributed by atoms with Gasteiger partial charge in [0, 0.05) is 5.69 Å². The number of carbonyl (C=O) groups is 2. The average Bonchev–Trinajstić information content (AvgIpc) is 2.35.